The lowest BCUT2D eigenvalue weighted by atomic mass is 9.74. The van der Waals surface area contributed by atoms with Gasteiger partial charge in [-0.1, -0.05) is 27.7 Å². The maximum absolute atomic E-state index is 4.61. The van der Waals surface area contributed by atoms with Crippen LogP contribution in [0.3, 0.4) is 0 Å². The molecular formula is C12H21N. The lowest BCUT2D eigenvalue weighted by Gasteiger charge is -2.33. The second-order valence-electron chi connectivity index (χ2n) is 5.41. The number of fused-ring (bicyclic) bond motifs is 2. The quantitative estimate of drug-likeness (QED) is 0.618. The molecule has 0 aromatic carbocycles. The molecule has 0 saturated heterocycles. The van der Waals surface area contributed by atoms with Gasteiger partial charge in [0.15, 0.2) is 0 Å². The van der Waals surface area contributed by atoms with Crippen LogP contribution in [0.25, 0.3) is 0 Å². The largest absolute Gasteiger partial charge is 0.294 e. The maximum atomic E-state index is 4.61. The molecular weight excluding hydrogens is 158 g/mol. The van der Waals surface area contributed by atoms with Crippen molar-refractivity contribution in [3.05, 3.63) is 0 Å². The molecule has 0 aromatic heterocycles. The summed E-state index contributed by atoms with van der Waals surface area (Å²) < 4.78 is 0. The monoisotopic (exact) mass is 179 g/mol. The topological polar surface area (TPSA) is 12.4 Å². The molecule has 0 spiro atoms. The second kappa shape index (κ2) is 3.11. The minimum absolute atomic E-state index is 0.664. The molecule has 4 atom stereocenters. The third kappa shape index (κ3) is 1.33. The molecule has 2 bridgehead atoms. The predicted octanol–water partition coefficient (Wildman–Crippen LogP) is 3.00. The summed E-state index contributed by atoms with van der Waals surface area (Å²) in [5.41, 5.74) is 0. The van der Waals surface area contributed by atoms with Gasteiger partial charge in [-0.05, 0) is 36.0 Å². The molecule has 1 aliphatic heterocycles. The Labute approximate surface area is 81.6 Å². The van der Waals surface area contributed by atoms with Gasteiger partial charge >= 0.3 is 0 Å². The summed E-state index contributed by atoms with van der Waals surface area (Å²) in [6, 6.07) is 0.664. The van der Waals surface area contributed by atoms with Crippen LogP contribution in [0, 0.1) is 29.6 Å². The Morgan fingerprint density at radius 2 is 1.69 bits per heavy atom. The van der Waals surface area contributed by atoms with E-state index in [1.54, 1.807) is 0 Å². The zero-order valence-electron chi connectivity index (χ0n) is 9.20. The van der Waals surface area contributed by atoms with E-state index >= 15 is 0 Å². The third-order valence-corrected chi connectivity index (χ3v) is 3.91. The summed E-state index contributed by atoms with van der Waals surface area (Å²) in [6.07, 6.45) is 3.57. The molecule has 1 saturated carbocycles. The van der Waals surface area contributed by atoms with E-state index in [9.17, 15) is 0 Å². The zero-order chi connectivity index (χ0) is 9.59. The van der Waals surface area contributed by atoms with Crippen LogP contribution in [0.4, 0.5) is 0 Å². The number of nitrogens with zero attached hydrogens (tertiary/aromatic N) is 1. The fourth-order valence-corrected chi connectivity index (χ4v) is 3.50. The Hall–Kier alpha value is -0.330. The number of hydrogen-bond acceptors (Lipinski definition) is 1. The molecule has 74 valence electrons. The first kappa shape index (κ1) is 9.23. The lowest BCUT2D eigenvalue weighted by molar-refractivity contribution is 0.197. The minimum Gasteiger partial charge on any atom is -0.294 e. The van der Waals surface area contributed by atoms with Crippen LogP contribution in [0.5, 0.6) is 0 Å². The molecule has 1 heteroatoms. The van der Waals surface area contributed by atoms with Gasteiger partial charge in [0, 0.05) is 6.21 Å². The molecule has 0 aromatic rings. The van der Waals surface area contributed by atoms with Gasteiger partial charge in [-0.3, -0.25) is 4.99 Å². The van der Waals surface area contributed by atoms with E-state index in [0.717, 1.165) is 29.6 Å². The van der Waals surface area contributed by atoms with Crippen molar-refractivity contribution >= 4 is 6.21 Å². The molecule has 13 heavy (non-hydrogen) atoms. The molecule has 1 nitrogen and oxygen atoms in total. The fourth-order valence-electron chi connectivity index (χ4n) is 3.50. The highest BCUT2D eigenvalue weighted by Crippen LogP contribution is 2.48. The highest BCUT2D eigenvalue weighted by Gasteiger charge is 2.47. The first-order valence-corrected chi connectivity index (χ1v) is 5.64. The maximum Gasteiger partial charge on any atom is 0.0535 e. The number of hydrogen-bond donors (Lipinski definition) is 0. The molecule has 2 rings (SSSR count). The van der Waals surface area contributed by atoms with E-state index in [-0.39, 0.29) is 0 Å². The standard InChI is InChI=1S/C12H21N/c1-7(2)11-9-5-10(13-6-9)12(11)8(3)4/h6-12H,5H2,1-4H3/t9?,10?,11-,12+/m0/s1. The molecule has 2 unspecified atom stereocenters. The van der Waals surface area contributed by atoms with Crippen molar-refractivity contribution in [2.75, 3.05) is 0 Å². The van der Waals surface area contributed by atoms with Gasteiger partial charge in [0.05, 0.1) is 6.04 Å². The van der Waals surface area contributed by atoms with Gasteiger partial charge in [0.25, 0.3) is 0 Å². The van der Waals surface area contributed by atoms with Crippen molar-refractivity contribution < 1.29 is 0 Å². The Kier molecular flexibility index (Phi) is 2.21. The van der Waals surface area contributed by atoms with E-state index in [2.05, 4.69) is 38.9 Å². The van der Waals surface area contributed by atoms with Gasteiger partial charge in [-0.2, -0.15) is 0 Å². The fraction of sp³-hybridized carbons (Fsp3) is 0.917. The number of rotatable bonds is 2. The van der Waals surface area contributed by atoms with Crippen LogP contribution in [-0.4, -0.2) is 12.3 Å². The summed E-state index contributed by atoms with van der Waals surface area (Å²) in [5, 5.41) is 0. The van der Waals surface area contributed by atoms with Crippen molar-refractivity contribution in [3.8, 4) is 0 Å². The molecule has 2 aliphatic rings. The van der Waals surface area contributed by atoms with E-state index < -0.39 is 0 Å². The van der Waals surface area contributed by atoms with Crippen LogP contribution in [0.1, 0.15) is 34.1 Å². The number of aliphatic imine (C=N–C) groups is 1. The molecule has 1 aliphatic carbocycles. The third-order valence-electron chi connectivity index (χ3n) is 3.91. The van der Waals surface area contributed by atoms with Gasteiger partial charge in [0.2, 0.25) is 0 Å². The Morgan fingerprint density at radius 1 is 1.08 bits per heavy atom. The van der Waals surface area contributed by atoms with Crippen LogP contribution in [-0.2, 0) is 0 Å². The Morgan fingerprint density at radius 3 is 2.15 bits per heavy atom. The van der Waals surface area contributed by atoms with Crippen molar-refractivity contribution in [3.63, 3.8) is 0 Å². The summed E-state index contributed by atoms with van der Waals surface area (Å²) in [5.74, 6) is 4.20. The van der Waals surface area contributed by atoms with Gasteiger partial charge in [-0.15, -0.1) is 0 Å². The normalized spacial score (nSPS) is 42.6. The first-order chi connectivity index (χ1) is 6.11. The zero-order valence-corrected chi connectivity index (χ0v) is 9.20. The predicted molar refractivity (Wildman–Crippen MR) is 57.0 cm³/mol. The van der Waals surface area contributed by atoms with Gasteiger partial charge < -0.3 is 0 Å². The first-order valence-electron chi connectivity index (χ1n) is 5.64. The summed E-state index contributed by atoms with van der Waals surface area (Å²) in [4.78, 5) is 4.61. The minimum atomic E-state index is 0.664. The molecule has 1 heterocycles. The van der Waals surface area contributed by atoms with Crippen LogP contribution in [0.15, 0.2) is 4.99 Å². The summed E-state index contributed by atoms with van der Waals surface area (Å²) in [6.45, 7) is 9.45. The highest BCUT2D eigenvalue weighted by molar-refractivity contribution is 5.66. The molecule has 0 radical (unpaired) electrons. The van der Waals surface area contributed by atoms with Crippen molar-refractivity contribution in [2.24, 2.45) is 34.6 Å². The van der Waals surface area contributed by atoms with Crippen LogP contribution >= 0.6 is 0 Å². The highest BCUT2D eigenvalue weighted by atomic mass is 14.9. The van der Waals surface area contributed by atoms with E-state index in [0.29, 0.717) is 6.04 Å². The smallest absolute Gasteiger partial charge is 0.0535 e. The SMILES string of the molecule is CC(C)[C@@H]1C2CC(C=N2)[C@@H]1C(C)C. The van der Waals surface area contributed by atoms with Gasteiger partial charge in [-0.25, -0.2) is 0 Å². The lowest BCUT2D eigenvalue weighted by Crippen LogP contribution is -2.31. The Bertz CT molecular complexity index is 195. The van der Waals surface area contributed by atoms with Crippen LogP contribution < -0.4 is 0 Å². The van der Waals surface area contributed by atoms with Crippen LogP contribution in [0.2, 0.25) is 0 Å². The summed E-state index contributed by atoms with van der Waals surface area (Å²) >= 11 is 0. The Balaban J connectivity index is 2.20. The summed E-state index contributed by atoms with van der Waals surface area (Å²) in [7, 11) is 0. The van der Waals surface area contributed by atoms with Gasteiger partial charge in [0.1, 0.15) is 0 Å². The van der Waals surface area contributed by atoms with E-state index in [1.807, 2.05) is 0 Å². The van der Waals surface area contributed by atoms with Crippen molar-refractivity contribution in [1.82, 2.24) is 0 Å². The van der Waals surface area contributed by atoms with E-state index in [4.69, 9.17) is 0 Å². The average Bonchev–Trinajstić information content (AvgIpc) is 2.60. The molecule has 0 N–H and O–H groups in total. The van der Waals surface area contributed by atoms with Crippen molar-refractivity contribution in [1.29, 1.82) is 0 Å². The average molecular weight is 179 g/mol. The van der Waals surface area contributed by atoms with Crippen molar-refractivity contribution in [2.45, 2.75) is 40.2 Å². The molecule has 1 fully saturated rings. The van der Waals surface area contributed by atoms with E-state index in [1.165, 1.54) is 6.42 Å². The second-order valence-corrected chi connectivity index (χ2v) is 5.41. The molecule has 0 amide bonds.